The molecule has 0 bridgehead atoms. The first-order chi connectivity index (χ1) is 11.9. The van der Waals surface area contributed by atoms with Crippen molar-refractivity contribution in [2.24, 2.45) is 33.7 Å². The van der Waals surface area contributed by atoms with Gasteiger partial charge in [0.25, 0.3) is 0 Å². The fourth-order valence-electron chi connectivity index (χ4n) is 5.76. The standard InChI is InChI=1S/C19H33N5O/c1-12-10-17(23-25)16(22-18(20)21)11-15(12)19-7-5-4-6-14(19)13(2)24(3)9-8-19/h10,13-15,23,25H,4-9,11H2,1-3H3,(H4,20,21,22)/p+1. The Balaban J connectivity index is 1.98. The smallest absolute Gasteiger partial charge is 0.191 e. The van der Waals surface area contributed by atoms with E-state index in [-0.39, 0.29) is 5.96 Å². The second kappa shape index (κ2) is 7.09. The second-order valence-corrected chi connectivity index (χ2v) is 8.27. The number of nitrogens with two attached hydrogens (primary N) is 3. The normalized spacial score (nSPS) is 36.6. The molecule has 6 nitrogen and oxygen atoms in total. The van der Waals surface area contributed by atoms with Crippen LogP contribution in [0.2, 0.25) is 0 Å². The average molecular weight is 349 g/mol. The van der Waals surface area contributed by atoms with Crippen LogP contribution in [0.3, 0.4) is 0 Å². The van der Waals surface area contributed by atoms with Crippen LogP contribution in [0, 0.1) is 17.3 Å². The summed E-state index contributed by atoms with van der Waals surface area (Å²) >= 11 is 0. The molecule has 1 aliphatic heterocycles. The van der Waals surface area contributed by atoms with Gasteiger partial charge in [0, 0.05) is 18.5 Å². The highest BCUT2D eigenvalue weighted by atomic mass is 16.5. The molecule has 4 atom stereocenters. The van der Waals surface area contributed by atoms with Crippen LogP contribution in [-0.2, 0) is 0 Å². The van der Waals surface area contributed by atoms with Gasteiger partial charge in [-0.15, -0.1) is 0 Å². The quantitative estimate of drug-likeness (QED) is 0.350. The number of guanidine groups is 1. The van der Waals surface area contributed by atoms with E-state index in [1.807, 2.05) is 0 Å². The van der Waals surface area contributed by atoms with Gasteiger partial charge in [-0.3, -0.25) is 0 Å². The van der Waals surface area contributed by atoms with Gasteiger partial charge >= 0.3 is 0 Å². The van der Waals surface area contributed by atoms with Crippen LogP contribution in [0.1, 0.15) is 52.4 Å². The van der Waals surface area contributed by atoms with Gasteiger partial charge in [-0.2, -0.15) is 5.48 Å². The fraction of sp³-hybridized carbons (Fsp3) is 0.737. The van der Waals surface area contributed by atoms with Crippen molar-refractivity contribution >= 4 is 5.96 Å². The van der Waals surface area contributed by atoms with Gasteiger partial charge in [0.2, 0.25) is 0 Å². The number of aliphatic imine (C=N–C) groups is 1. The Labute approximate surface area is 151 Å². The van der Waals surface area contributed by atoms with E-state index < -0.39 is 0 Å². The Morgan fingerprint density at radius 1 is 1.36 bits per heavy atom. The molecular weight excluding hydrogens is 314 g/mol. The third kappa shape index (κ3) is 3.23. The van der Waals surface area contributed by atoms with Crippen molar-refractivity contribution in [3.05, 3.63) is 23.0 Å². The monoisotopic (exact) mass is 348 g/mol. The highest BCUT2D eigenvalue weighted by molar-refractivity contribution is 5.77. The molecule has 6 heteroatoms. The predicted molar refractivity (Wildman–Crippen MR) is 99.5 cm³/mol. The molecule has 0 amide bonds. The third-order valence-electron chi connectivity index (χ3n) is 7.11. The van der Waals surface area contributed by atoms with Gasteiger partial charge in [-0.25, -0.2) is 10.2 Å². The van der Waals surface area contributed by atoms with E-state index in [2.05, 4.69) is 36.9 Å². The van der Waals surface area contributed by atoms with E-state index in [4.69, 9.17) is 11.5 Å². The van der Waals surface area contributed by atoms with Crippen molar-refractivity contribution < 1.29 is 10.7 Å². The topological polar surface area (TPSA) is 104 Å². The predicted octanol–water partition coefficient (Wildman–Crippen LogP) is 1.29. The van der Waals surface area contributed by atoms with Gasteiger partial charge in [0.05, 0.1) is 0 Å². The van der Waals surface area contributed by atoms with E-state index in [1.54, 1.807) is 0 Å². The first kappa shape index (κ1) is 18.4. The Morgan fingerprint density at radius 2 is 2.12 bits per heavy atom. The van der Waals surface area contributed by atoms with Crippen LogP contribution in [-0.4, -0.2) is 35.7 Å². The fourth-order valence-corrected chi connectivity index (χ4v) is 5.76. The third-order valence-corrected chi connectivity index (χ3v) is 7.11. The maximum absolute atomic E-state index is 9.61. The van der Waals surface area contributed by atoms with Gasteiger partial charge in [0.1, 0.15) is 5.70 Å². The zero-order valence-electron chi connectivity index (χ0n) is 15.8. The van der Waals surface area contributed by atoms with Crippen molar-refractivity contribution in [2.45, 2.75) is 58.4 Å². The molecule has 25 heavy (non-hydrogen) atoms. The summed E-state index contributed by atoms with van der Waals surface area (Å²) < 4.78 is 0. The summed E-state index contributed by atoms with van der Waals surface area (Å²) in [6, 6.07) is 0.614. The summed E-state index contributed by atoms with van der Waals surface area (Å²) in [7, 11) is 2.26. The number of fused-ring (bicyclic) bond motifs is 1. The van der Waals surface area contributed by atoms with E-state index in [0.29, 0.717) is 23.3 Å². The molecule has 1 saturated heterocycles. The number of nitrogens with zero attached hydrogens (tertiary/aromatic N) is 2. The molecule has 3 aliphatic rings. The van der Waals surface area contributed by atoms with Crippen molar-refractivity contribution in [2.75, 3.05) is 13.6 Å². The molecule has 0 aromatic rings. The van der Waals surface area contributed by atoms with Crippen LogP contribution in [0.5, 0.6) is 0 Å². The summed E-state index contributed by atoms with van der Waals surface area (Å²) in [6.07, 6.45) is 9.40. The lowest BCUT2D eigenvalue weighted by Crippen LogP contribution is -2.78. The number of rotatable bonds is 3. The molecular formula is C19H34N5O+. The van der Waals surface area contributed by atoms with Crippen molar-refractivity contribution in [1.82, 2.24) is 4.90 Å². The number of quaternary nitrogens is 1. The Hall–Kier alpha value is -1.37. The highest BCUT2D eigenvalue weighted by Crippen LogP contribution is 2.57. The number of likely N-dealkylation sites (tertiary alicyclic amines) is 1. The van der Waals surface area contributed by atoms with Gasteiger partial charge < -0.3 is 16.4 Å². The summed E-state index contributed by atoms with van der Waals surface area (Å²) in [6.45, 7) is 5.76. The molecule has 2 aliphatic carbocycles. The lowest BCUT2D eigenvalue weighted by atomic mass is 9.52. The first-order valence-corrected chi connectivity index (χ1v) is 9.57. The van der Waals surface area contributed by atoms with Crippen LogP contribution in [0.25, 0.3) is 0 Å². The number of hydrogen-bond donors (Lipinski definition) is 4. The lowest BCUT2D eigenvalue weighted by molar-refractivity contribution is -0.848. The molecule has 1 saturated carbocycles. The van der Waals surface area contributed by atoms with Gasteiger partial charge in [-0.1, -0.05) is 18.4 Å². The maximum atomic E-state index is 9.61. The minimum atomic E-state index is 0.0653. The average Bonchev–Trinajstić information content (AvgIpc) is 2.59. The molecule has 7 N–H and O–H groups in total. The largest absolute Gasteiger partial charge is 0.370 e. The SMILES string of the molecule is CC1=CC([NH2+]O)=C(N=C(N)N)CC1C12CCCCC1C(C)N(C)CC2. The number of hydrogen-bond acceptors (Lipinski definition) is 3. The summed E-state index contributed by atoms with van der Waals surface area (Å²) in [5.74, 6) is 1.24. The molecule has 3 rings (SSSR count). The number of allylic oxidation sites excluding steroid dienone is 3. The molecule has 4 unspecified atom stereocenters. The highest BCUT2D eigenvalue weighted by Gasteiger charge is 2.52. The molecule has 0 radical (unpaired) electrons. The Kier molecular flexibility index (Phi) is 5.23. The van der Waals surface area contributed by atoms with Crippen LogP contribution in [0.15, 0.2) is 28.0 Å². The van der Waals surface area contributed by atoms with Crippen molar-refractivity contribution in [1.29, 1.82) is 0 Å². The van der Waals surface area contributed by atoms with E-state index in [1.165, 1.54) is 37.7 Å². The minimum Gasteiger partial charge on any atom is -0.370 e. The van der Waals surface area contributed by atoms with Crippen molar-refractivity contribution in [3.8, 4) is 0 Å². The maximum Gasteiger partial charge on any atom is 0.191 e. The summed E-state index contributed by atoms with van der Waals surface area (Å²) in [4.78, 5) is 6.87. The van der Waals surface area contributed by atoms with E-state index in [0.717, 1.165) is 29.8 Å². The van der Waals surface area contributed by atoms with Gasteiger partial charge in [-0.05, 0) is 64.0 Å². The Morgan fingerprint density at radius 3 is 2.80 bits per heavy atom. The number of piperidine rings is 1. The van der Waals surface area contributed by atoms with Crippen molar-refractivity contribution in [3.63, 3.8) is 0 Å². The molecule has 0 aromatic heterocycles. The van der Waals surface area contributed by atoms with Crippen LogP contribution >= 0.6 is 0 Å². The second-order valence-electron chi connectivity index (χ2n) is 8.27. The lowest BCUT2D eigenvalue weighted by Gasteiger charge is -2.57. The van der Waals surface area contributed by atoms with E-state index in [9.17, 15) is 5.21 Å². The molecule has 0 spiro atoms. The Bertz CT molecular complexity index is 607. The molecule has 0 aromatic carbocycles. The van der Waals surface area contributed by atoms with E-state index >= 15 is 0 Å². The van der Waals surface area contributed by atoms with Gasteiger partial charge in [0.15, 0.2) is 11.7 Å². The summed E-state index contributed by atoms with van der Waals surface area (Å²) in [5, 5.41) is 9.61. The molecule has 140 valence electrons. The molecule has 2 fully saturated rings. The number of hydroxylamine groups is 1. The first-order valence-electron chi connectivity index (χ1n) is 9.57. The van der Waals surface area contributed by atoms with Crippen LogP contribution < -0.4 is 16.9 Å². The summed E-state index contributed by atoms with van der Waals surface area (Å²) in [5.41, 5.74) is 15.7. The zero-order chi connectivity index (χ0) is 18.2. The zero-order valence-corrected chi connectivity index (χ0v) is 15.8. The minimum absolute atomic E-state index is 0.0653. The van der Waals surface area contributed by atoms with Crippen LogP contribution in [0.4, 0.5) is 0 Å². The molecule has 1 heterocycles.